The lowest BCUT2D eigenvalue weighted by atomic mass is 10.0. The number of imidazole rings is 1. The van der Waals surface area contributed by atoms with Crippen molar-refractivity contribution in [3.63, 3.8) is 0 Å². The molecule has 0 fully saturated rings. The maximum Gasteiger partial charge on any atom is 0.469 e. The molecule has 0 aliphatic heterocycles. The van der Waals surface area contributed by atoms with Crippen molar-refractivity contribution < 1.29 is 52.7 Å². The number of nitrogens with two attached hydrogens (primary N) is 1. The Morgan fingerprint density at radius 3 is 1.98 bits per heavy atom. The molecule has 6 amide bonds. The molecule has 47 heavy (non-hydrogen) atoms. The number of nitrogens with one attached hydrogen (secondary N) is 5. The Labute approximate surface area is 272 Å². The molecule has 1 aromatic rings. The first-order valence-electron chi connectivity index (χ1n) is 14.9. The molecule has 1 aromatic heterocycles. The van der Waals surface area contributed by atoms with E-state index in [0.717, 1.165) is 6.92 Å². The van der Waals surface area contributed by atoms with E-state index < -0.39 is 80.3 Å². The van der Waals surface area contributed by atoms with Crippen LogP contribution in [0.5, 0.6) is 0 Å². The van der Waals surface area contributed by atoms with Gasteiger partial charge in [-0.05, 0) is 32.6 Å². The number of nitrogens with zero attached hydrogens (tertiary/aromatic N) is 2. The average Bonchev–Trinajstić information content (AvgIpc) is 3.47. The number of aromatic amines is 1. The van der Waals surface area contributed by atoms with Crippen LogP contribution in [0.3, 0.4) is 0 Å². The number of carbonyl (C=O) groups excluding carboxylic acids is 6. The summed E-state index contributed by atoms with van der Waals surface area (Å²) < 4.78 is 15.6. The first-order chi connectivity index (χ1) is 21.8. The zero-order valence-corrected chi connectivity index (χ0v) is 28.2. The van der Waals surface area contributed by atoms with Gasteiger partial charge in [-0.15, -0.1) is 0 Å². The van der Waals surface area contributed by atoms with Gasteiger partial charge in [0, 0.05) is 31.8 Å². The van der Waals surface area contributed by atoms with E-state index in [4.69, 9.17) is 15.5 Å². The number of aromatic nitrogens is 2. The van der Waals surface area contributed by atoms with Crippen molar-refractivity contribution >= 4 is 43.3 Å². The van der Waals surface area contributed by atoms with Crippen LogP contribution in [-0.2, 0) is 44.3 Å². The first-order valence-corrected chi connectivity index (χ1v) is 16.4. The summed E-state index contributed by atoms with van der Waals surface area (Å²) in [5.41, 5.74) is 5.65. The molecule has 1 rings (SSSR count). The molecule has 0 aliphatic carbocycles. The number of phosphoric acid groups is 1. The summed E-state index contributed by atoms with van der Waals surface area (Å²) in [7, 11) is -5.08. The highest BCUT2D eigenvalue weighted by atomic mass is 31.2. The van der Waals surface area contributed by atoms with E-state index in [0.29, 0.717) is 18.7 Å². The van der Waals surface area contributed by atoms with Crippen LogP contribution in [0.1, 0.15) is 60.1 Å². The zero-order chi connectivity index (χ0) is 36.1. The van der Waals surface area contributed by atoms with Gasteiger partial charge in [0.05, 0.1) is 19.0 Å². The van der Waals surface area contributed by atoms with E-state index in [2.05, 4.69) is 35.8 Å². The minimum atomic E-state index is -5.08. The first kappa shape index (κ1) is 41.1. The maximum absolute atomic E-state index is 13.5. The predicted molar refractivity (Wildman–Crippen MR) is 165 cm³/mol. The summed E-state index contributed by atoms with van der Waals surface area (Å²) in [6.07, 6.45) is 1.74. The smallest absolute Gasteiger partial charge is 0.394 e. The number of H-pyrrole nitrogens is 1. The maximum atomic E-state index is 13.5. The summed E-state index contributed by atoms with van der Waals surface area (Å²) in [6.45, 7) is 8.75. The van der Waals surface area contributed by atoms with Gasteiger partial charge >= 0.3 is 7.82 Å². The van der Waals surface area contributed by atoms with Crippen molar-refractivity contribution in [1.29, 1.82) is 0 Å². The monoisotopic (exact) mass is 690 g/mol. The number of hydrogen-bond donors (Lipinski definition) is 9. The topological polar surface area (TPSA) is 295 Å². The van der Waals surface area contributed by atoms with Crippen molar-refractivity contribution in [3.8, 4) is 0 Å². The fourth-order valence-corrected chi connectivity index (χ4v) is 5.07. The Kier molecular flexibility index (Phi) is 16.7. The van der Waals surface area contributed by atoms with Gasteiger partial charge in [-0.1, -0.05) is 20.8 Å². The number of carbonyl (C=O) groups is 6. The van der Waals surface area contributed by atoms with Gasteiger partial charge in [-0.25, -0.2) is 9.55 Å². The predicted octanol–water partition coefficient (Wildman–Crippen LogP) is -2.44. The molecule has 0 saturated carbocycles. The van der Waals surface area contributed by atoms with Crippen molar-refractivity contribution in [2.75, 3.05) is 13.2 Å². The number of primary amides is 1. The number of aliphatic hydroxyl groups is 1. The van der Waals surface area contributed by atoms with Gasteiger partial charge in [0.25, 0.3) is 0 Å². The summed E-state index contributed by atoms with van der Waals surface area (Å²) in [5, 5.41) is 19.5. The van der Waals surface area contributed by atoms with E-state index in [-0.39, 0.29) is 24.7 Å². The summed E-state index contributed by atoms with van der Waals surface area (Å²) in [4.78, 5) is 103. The van der Waals surface area contributed by atoms with Crippen molar-refractivity contribution in [1.82, 2.24) is 36.1 Å². The fourth-order valence-electron chi connectivity index (χ4n) is 4.52. The van der Waals surface area contributed by atoms with Crippen LogP contribution in [0.15, 0.2) is 12.5 Å². The second-order valence-electron chi connectivity index (χ2n) is 11.4. The molecule has 1 heterocycles. The number of rotatable bonds is 20. The standard InChI is InChI=1S/C27H47N8O11P/c1-7-8-35(17(6)37)15(4)24(39)31-19(9-14(2)3)25(40)32-20(10-18-11-29-13-30-18)26(41)33-21(12-36)27(42)34-22(23(28)38)16(5)46-47(43,44)45/h11,13-16,19-22,36H,7-10,12H2,1-6H3,(H2,28,38)(H,29,30)(H,31,39)(H,32,40)(H,33,41)(H,34,42)(H2,43,44,45)/t15-,16+,19-,20-,21-,22-/m0/s1. The zero-order valence-electron chi connectivity index (χ0n) is 27.3. The lowest BCUT2D eigenvalue weighted by Gasteiger charge is -2.30. The van der Waals surface area contributed by atoms with E-state index in [9.17, 15) is 38.4 Å². The van der Waals surface area contributed by atoms with Gasteiger partial charge in [-0.2, -0.15) is 0 Å². The Balaban J connectivity index is 3.21. The Hall–Kier alpha value is -3.90. The Bertz CT molecular complexity index is 1270. The molecule has 0 unspecified atom stereocenters. The van der Waals surface area contributed by atoms with Crippen LogP contribution < -0.4 is 27.0 Å². The molecular weight excluding hydrogens is 643 g/mol. The van der Waals surface area contributed by atoms with Gasteiger partial charge in [0.15, 0.2) is 0 Å². The van der Waals surface area contributed by atoms with E-state index in [1.165, 1.54) is 31.3 Å². The van der Waals surface area contributed by atoms with Crippen molar-refractivity contribution in [2.24, 2.45) is 11.7 Å². The normalized spacial score (nSPS) is 15.4. The third kappa shape index (κ3) is 14.2. The molecule has 19 nitrogen and oxygen atoms in total. The summed E-state index contributed by atoms with van der Waals surface area (Å²) >= 11 is 0. The second kappa shape index (κ2) is 19.0. The minimum absolute atomic E-state index is 0.0848. The van der Waals surface area contributed by atoms with E-state index >= 15 is 0 Å². The third-order valence-corrected chi connectivity index (χ3v) is 7.47. The highest BCUT2D eigenvalue weighted by Crippen LogP contribution is 2.38. The van der Waals surface area contributed by atoms with Crippen molar-refractivity contribution in [3.05, 3.63) is 18.2 Å². The van der Waals surface area contributed by atoms with Gasteiger partial charge in [0.1, 0.15) is 30.2 Å². The number of phosphoric ester groups is 1. The minimum Gasteiger partial charge on any atom is -0.394 e. The van der Waals surface area contributed by atoms with E-state index in [1.54, 1.807) is 0 Å². The quantitative estimate of drug-likeness (QED) is 0.0645. The van der Waals surface area contributed by atoms with Crippen LogP contribution in [0.4, 0.5) is 0 Å². The van der Waals surface area contributed by atoms with E-state index in [1.807, 2.05) is 20.8 Å². The van der Waals surface area contributed by atoms with Crippen LogP contribution >= 0.6 is 7.82 Å². The van der Waals surface area contributed by atoms with Crippen LogP contribution in [0, 0.1) is 5.92 Å². The number of hydrogen-bond acceptors (Lipinski definition) is 10. The summed E-state index contributed by atoms with van der Waals surface area (Å²) in [5.74, 6) is -5.06. The molecule has 0 radical (unpaired) electrons. The molecule has 0 spiro atoms. The van der Waals surface area contributed by atoms with Gasteiger partial charge < -0.3 is 51.8 Å². The van der Waals surface area contributed by atoms with Crippen LogP contribution in [0.25, 0.3) is 0 Å². The highest BCUT2D eigenvalue weighted by Gasteiger charge is 2.35. The molecule has 0 aliphatic rings. The average molecular weight is 691 g/mol. The molecule has 0 saturated heterocycles. The number of aliphatic hydroxyl groups excluding tert-OH is 1. The van der Waals surface area contributed by atoms with Crippen LogP contribution in [-0.4, -0.2) is 115 Å². The van der Waals surface area contributed by atoms with Gasteiger partial charge in [-0.3, -0.25) is 33.3 Å². The largest absolute Gasteiger partial charge is 0.469 e. The molecule has 0 bridgehead atoms. The van der Waals surface area contributed by atoms with Gasteiger partial charge in [0.2, 0.25) is 35.4 Å². The van der Waals surface area contributed by atoms with Crippen LogP contribution in [0.2, 0.25) is 0 Å². The molecule has 266 valence electrons. The molecular formula is C27H47N8O11P. The molecule has 20 heteroatoms. The lowest BCUT2D eigenvalue weighted by molar-refractivity contribution is -0.140. The Morgan fingerprint density at radius 2 is 1.51 bits per heavy atom. The second-order valence-corrected chi connectivity index (χ2v) is 12.5. The third-order valence-electron chi connectivity index (χ3n) is 6.86. The van der Waals surface area contributed by atoms with Crippen molar-refractivity contribution in [2.45, 2.75) is 97.1 Å². The Morgan fingerprint density at radius 1 is 0.957 bits per heavy atom. The highest BCUT2D eigenvalue weighted by molar-refractivity contribution is 7.46. The lowest BCUT2D eigenvalue weighted by Crippen LogP contribution is -2.61. The SMILES string of the molecule is CCCN(C(C)=O)[C@@H](C)C(=O)N[C@@H](CC(C)C)C(=O)N[C@@H](Cc1cnc[nH]1)C(=O)N[C@@H](CO)C(=O)N[C@H](C(N)=O)[C@@H](C)OP(=O)(O)O. The molecule has 10 N–H and O–H groups in total. The fraction of sp³-hybridized carbons (Fsp3) is 0.667. The number of amides is 6. The molecule has 6 atom stereocenters. The summed E-state index contributed by atoms with van der Waals surface area (Å²) in [6, 6.07) is -6.87. The molecule has 0 aromatic carbocycles.